The monoisotopic (exact) mass is 564 g/mol. The van der Waals surface area contributed by atoms with Crippen molar-refractivity contribution < 1.29 is 29.1 Å². The quantitative estimate of drug-likeness (QED) is 0.195. The van der Waals surface area contributed by atoms with E-state index >= 15 is 0 Å². The Kier molecular flexibility index (Phi) is 2.70. The van der Waals surface area contributed by atoms with Gasteiger partial charge in [-0.15, -0.1) is 0 Å². The van der Waals surface area contributed by atoms with E-state index in [0.29, 0.717) is 27.1 Å². The summed E-state index contributed by atoms with van der Waals surface area (Å²) in [6.45, 7) is 0. The second kappa shape index (κ2) is 9.44. The van der Waals surface area contributed by atoms with Gasteiger partial charge in [0.1, 0.15) is 11.2 Å². The van der Waals surface area contributed by atoms with Gasteiger partial charge in [0.15, 0.2) is 0 Å². The molecule has 0 aliphatic rings. The summed E-state index contributed by atoms with van der Waals surface area (Å²) in [5, 5.41) is 0.557. The molecule has 0 spiro atoms. The fourth-order valence-electron chi connectivity index (χ4n) is 5.67. The molecule has 200 valence electrons. The first kappa shape index (κ1) is 12.3. The van der Waals surface area contributed by atoms with E-state index < -0.39 is 125 Å². The summed E-state index contributed by atoms with van der Waals surface area (Å²) < 4.78 is 164. The topological polar surface area (TPSA) is 13.1 Å². The molecule has 0 N–H and O–H groups in total. The third-order valence-electron chi connectivity index (χ3n) is 7.49. The fourth-order valence-corrected chi connectivity index (χ4v) is 5.67. The third kappa shape index (κ3) is 3.72. The highest BCUT2D eigenvalue weighted by molar-refractivity contribution is 6.24. The first-order chi connectivity index (χ1) is 28.8. The van der Waals surface area contributed by atoms with Gasteiger partial charge in [-0.2, -0.15) is 0 Å². The van der Waals surface area contributed by atoms with Gasteiger partial charge in [-0.1, -0.05) is 139 Å². The molecule has 8 aromatic carbocycles. The number of benzene rings is 8. The molecule has 0 unspecified atom stereocenters. The number of fused-ring (bicyclic) bond motifs is 6. The van der Waals surface area contributed by atoms with E-state index in [1.54, 1.807) is 48.5 Å². The third-order valence-corrected chi connectivity index (χ3v) is 7.49. The van der Waals surface area contributed by atoms with Gasteiger partial charge in [0, 0.05) is 21.9 Å². The average molecular weight is 565 g/mol. The van der Waals surface area contributed by atoms with Gasteiger partial charge >= 0.3 is 0 Å². The van der Waals surface area contributed by atoms with Crippen molar-refractivity contribution in [1.82, 2.24) is 0 Å². The van der Waals surface area contributed by atoms with Crippen molar-refractivity contribution >= 4 is 54.3 Å². The molecular weight excluding hydrogens is 520 g/mol. The van der Waals surface area contributed by atoms with Crippen LogP contribution >= 0.6 is 0 Å². The molecule has 0 amide bonds. The van der Waals surface area contributed by atoms with Crippen LogP contribution in [0.5, 0.6) is 0 Å². The summed E-state index contributed by atoms with van der Waals surface area (Å²) in [5.41, 5.74) is -1.02. The molecule has 1 aromatic heterocycles. The zero-order valence-electron chi connectivity index (χ0n) is 40.0. The lowest BCUT2D eigenvalue weighted by molar-refractivity contribution is 0.670. The number of hydrogen-bond donors (Lipinski definition) is 0. The van der Waals surface area contributed by atoms with Crippen molar-refractivity contribution in [1.29, 1.82) is 0 Å². The number of furan rings is 1. The molecule has 9 aromatic rings. The van der Waals surface area contributed by atoms with Crippen LogP contribution < -0.4 is 0 Å². The lowest BCUT2D eigenvalue weighted by Crippen LogP contribution is -1.91. The van der Waals surface area contributed by atoms with Crippen molar-refractivity contribution in [3.63, 3.8) is 0 Å². The lowest BCUT2D eigenvalue weighted by Gasteiger charge is -2.18. The normalized spacial score (nSPS) is 17.6. The van der Waals surface area contributed by atoms with E-state index in [0.717, 1.165) is 0 Å². The molecule has 1 heterocycles. The summed E-state index contributed by atoms with van der Waals surface area (Å²) in [5.74, 6) is 0. The molecule has 43 heavy (non-hydrogen) atoms. The van der Waals surface area contributed by atoms with Gasteiger partial charge in [-0.05, 0) is 72.7 Å². The maximum Gasteiger partial charge on any atom is 0.143 e. The van der Waals surface area contributed by atoms with E-state index in [1.165, 1.54) is 0 Å². The predicted octanol–water partition coefficient (Wildman–Crippen LogP) is 12.0. The minimum absolute atomic E-state index is 0.00576. The van der Waals surface area contributed by atoms with Crippen molar-refractivity contribution in [3.05, 3.63) is 157 Å². The van der Waals surface area contributed by atoms with Crippen LogP contribution in [0.1, 0.15) is 24.7 Å². The summed E-state index contributed by atoms with van der Waals surface area (Å²) in [6, 6.07) is 2.56. The Morgan fingerprint density at radius 1 is 0.419 bits per heavy atom. The van der Waals surface area contributed by atoms with Crippen LogP contribution in [0.25, 0.3) is 87.6 Å². The highest BCUT2D eigenvalue weighted by Gasteiger charge is 2.20. The Bertz CT molecular complexity index is 3430. The van der Waals surface area contributed by atoms with E-state index in [4.69, 9.17) is 22.2 Å². The van der Waals surface area contributed by atoms with Gasteiger partial charge < -0.3 is 4.42 Å². The van der Waals surface area contributed by atoms with E-state index in [1.807, 2.05) is 0 Å². The summed E-state index contributed by atoms with van der Waals surface area (Å²) in [6.07, 6.45) is 0. The molecule has 0 saturated carbocycles. The standard InChI is InChI=1S/C42H26O/c1-2-11-27(12-3-1)28-21-22-30-26-31(24-23-29(30)25-28)40-33-14-4-6-16-35(33)41(36-17-7-5-15-34(36)40)38-19-10-18-37-32-13-8-9-20-39(32)43-42(37)38/h1-26H/i1D,2D,3D,8D,9D,10D,11D,12D,13D,18D,19D,20D,21D,22D,23D,24D,25D,26D. The van der Waals surface area contributed by atoms with E-state index in [-0.39, 0.29) is 44.0 Å². The van der Waals surface area contributed by atoms with Crippen LogP contribution in [0, 0.1) is 0 Å². The Morgan fingerprint density at radius 2 is 1.00 bits per heavy atom. The molecule has 0 radical (unpaired) electrons. The zero-order valence-corrected chi connectivity index (χ0v) is 22.0. The Labute approximate surface area is 274 Å². The van der Waals surface area contributed by atoms with Crippen LogP contribution in [0.4, 0.5) is 0 Å². The summed E-state index contributed by atoms with van der Waals surface area (Å²) in [7, 11) is 0. The van der Waals surface area contributed by atoms with Crippen molar-refractivity contribution in [2.75, 3.05) is 0 Å². The maximum atomic E-state index is 9.60. The molecule has 0 bridgehead atoms. The molecule has 9 rings (SSSR count). The number of hydrogen-bond acceptors (Lipinski definition) is 1. The highest BCUT2D eigenvalue weighted by atomic mass is 16.3. The van der Waals surface area contributed by atoms with Gasteiger partial charge in [-0.25, -0.2) is 0 Å². The maximum absolute atomic E-state index is 9.60. The molecular formula is C42H26O. The van der Waals surface area contributed by atoms with Crippen LogP contribution in [-0.2, 0) is 0 Å². The minimum atomic E-state index is -0.730. The molecule has 0 saturated heterocycles. The van der Waals surface area contributed by atoms with E-state index in [9.17, 15) is 6.85 Å². The molecule has 0 atom stereocenters. The number of rotatable bonds is 3. The molecule has 1 heteroatoms. The molecule has 0 fully saturated rings. The second-order valence-electron chi connectivity index (χ2n) is 9.85. The molecule has 1 nitrogen and oxygen atoms in total. The first-order valence-electron chi connectivity index (χ1n) is 22.3. The minimum Gasteiger partial charge on any atom is -0.455 e. The van der Waals surface area contributed by atoms with Crippen molar-refractivity contribution in [2.24, 2.45) is 0 Å². The van der Waals surface area contributed by atoms with Crippen LogP contribution in [0.3, 0.4) is 0 Å². The fraction of sp³-hybridized carbons (Fsp3) is 0. The van der Waals surface area contributed by atoms with Crippen LogP contribution in [0.15, 0.2) is 162 Å². The predicted molar refractivity (Wildman–Crippen MR) is 183 cm³/mol. The second-order valence-corrected chi connectivity index (χ2v) is 9.85. The summed E-state index contributed by atoms with van der Waals surface area (Å²) in [4.78, 5) is 0. The van der Waals surface area contributed by atoms with Crippen molar-refractivity contribution in [2.45, 2.75) is 0 Å². The lowest BCUT2D eigenvalue weighted by atomic mass is 9.85. The zero-order chi connectivity index (χ0) is 44.0. The largest absolute Gasteiger partial charge is 0.455 e. The smallest absolute Gasteiger partial charge is 0.143 e. The van der Waals surface area contributed by atoms with Crippen molar-refractivity contribution in [3.8, 4) is 33.4 Å². The Balaban J connectivity index is 1.43. The van der Waals surface area contributed by atoms with Gasteiger partial charge in [-0.3, -0.25) is 0 Å². The first-order valence-corrected chi connectivity index (χ1v) is 13.3. The Hall–Kier alpha value is -5.66. The van der Waals surface area contributed by atoms with Gasteiger partial charge in [0.25, 0.3) is 0 Å². The average Bonchev–Trinajstić information content (AvgIpc) is 3.65. The van der Waals surface area contributed by atoms with E-state index in [2.05, 4.69) is 0 Å². The SMILES string of the molecule is [2H]c1c([2H])c([2H])c(-c2c([2H])c([2H])c3c([2H])c(-c4c5ccccc5c(-c5c([2H])c([2H])c([2H])c6c5oc5c([2H])c([2H])c([2H])c([2H])c56)c5ccccc45)c([2H])c([2H])c3c2[2H])c([2H])c1[2H]. The molecule has 0 aliphatic heterocycles. The van der Waals surface area contributed by atoms with Crippen LogP contribution in [0.2, 0.25) is 0 Å². The Morgan fingerprint density at radius 3 is 1.72 bits per heavy atom. The van der Waals surface area contributed by atoms with Gasteiger partial charge in [0.05, 0.1) is 24.7 Å². The highest BCUT2D eigenvalue weighted by Crippen LogP contribution is 2.46. The van der Waals surface area contributed by atoms with Gasteiger partial charge in [0.2, 0.25) is 0 Å². The molecule has 0 aliphatic carbocycles. The number of para-hydroxylation sites is 2. The van der Waals surface area contributed by atoms with Crippen LogP contribution in [-0.4, -0.2) is 0 Å². The summed E-state index contributed by atoms with van der Waals surface area (Å²) >= 11 is 0.